The van der Waals surface area contributed by atoms with E-state index in [-0.39, 0.29) is 23.3 Å². The fraction of sp³-hybridized carbons (Fsp3) is 0.846. The molecule has 1 rings (SSSR count). The lowest BCUT2D eigenvalue weighted by Gasteiger charge is -2.42. The van der Waals surface area contributed by atoms with E-state index in [2.05, 4.69) is 12.2 Å². The highest BCUT2D eigenvalue weighted by atomic mass is 32.2. The molecule has 0 aliphatic carbocycles. The van der Waals surface area contributed by atoms with Crippen molar-refractivity contribution in [2.24, 2.45) is 5.41 Å². The third-order valence-corrected chi connectivity index (χ3v) is 4.09. The van der Waals surface area contributed by atoms with E-state index in [1.165, 1.54) is 0 Å². The molecular formula is C13H24N2O2S. The molecule has 1 heterocycles. The zero-order chi connectivity index (χ0) is 13.9. The highest BCUT2D eigenvalue weighted by molar-refractivity contribution is 7.99. The second-order valence-electron chi connectivity index (χ2n) is 5.71. The van der Waals surface area contributed by atoms with E-state index in [0.29, 0.717) is 6.54 Å². The van der Waals surface area contributed by atoms with Gasteiger partial charge in [-0.3, -0.25) is 9.59 Å². The van der Waals surface area contributed by atoms with Crippen LogP contribution in [0.4, 0.5) is 0 Å². The molecule has 4 nitrogen and oxygen atoms in total. The molecule has 2 atom stereocenters. The molecular weight excluding hydrogens is 248 g/mol. The van der Waals surface area contributed by atoms with E-state index in [9.17, 15) is 9.59 Å². The Morgan fingerprint density at radius 2 is 1.94 bits per heavy atom. The van der Waals surface area contributed by atoms with Crippen LogP contribution >= 0.6 is 11.8 Å². The summed E-state index contributed by atoms with van der Waals surface area (Å²) in [6.45, 7) is 10.5. The molecule has 1 aliphatic heterocycles. The molecule has 0 aromatic rings. The molecule has 0 aromatic heterocycles. The molecule has 0 saturated carbocycles. The minimum absolute atomic E-state index is 0.0453. The molecule has 0 aromatic carbocycles. The molecule has 1 aliphatic rings. The molecule has 2 amide bonds. The van der Waals surface area contributed by atoms with Crippen LogP contribution in [0.3, 0.4) is 0 Å². The van der Waals surface area contributed by atoms with Crippen molar-refractivity contribution in [3.8, 4) is 0 Å². The highest BCUT2D eigenvalue weighted by Gasteiger charge is 2.43. The minimum Gasteiger partial charge on any atom is -0.342 e. The summed E-state index contributed by atoms with van der Waals surface area (Å²) in [5, 5.41) is 2.84. The van der Waals surface area contributed by atoms with Crippen molar-refractivity contribution >= 4 is 23.6 Å². The Balaban J connectivity index is 2.79. The van der Waals surface area contributed by atoms with E-state index < -0.39 is 6.04 Å². The van der Waals surface area contributed by atoms with E-state index >= 15 is 0 Å². The topological polar surface area (TPSA) is 49.4 Å². The summed E-state index contributed by atoms with van der Waals surface area (Å²) in [6, 6.07) is -0.763. The van der Waals surface area contributed by atoms with Gasteiger partial charge in [0.05, 0.1) is 0 Å². The summed E-state index contributed by atoms with van der Waals surface area (Å²) in [5.41, 5.74) is -0.247. The Bertz CT molecular complexity index is 325. The van der Waals surface area contributed by atoms with Gasteiger partial charge in [0.15, 0.2) is 0 Å². The minimum atomic E-state index is -0.409. The van der Waals surface area contributed by atoms with Gasteiger partial charge in [-0.05, 0) is 18.1 Å². The number of piperazine rings is 1. The lowest BCUT2D eigenvalue weighted by atomic mass is 9.84. The van der Waals surface area contributed by atoms with Crippen molar-refractivity contribution in [1.82, 2.24) is 10.2 Å². The summed E-state index contributed by atoms with van der Waals surface area (Å²) in [4.78, 5) is 26.1. The summed E-state index contributed by atoms with van der Waals surface area (Å²) >= 11 is 1.79. The number of carbonyl (C=O) groups excluding carboxylic acids is 2. The number of nitrogens with zero attached hydrogens (tertiary/aromatic N) is 1. The van der Waals surface area contributed by atoms with Crippen LogP contribution in [0.5, 0.6) is 0 Å². The Labute approximate surface area is 114 Å². The van der Waals surface area contributed by atoms with Gasteiger partial charge >= 0.3 is 0 Å². The number of carbonyl (C=O) groups is 2. The highest BCUT2D eigenvalue weighted by Crippen LogP contribution is 2.25. The largest absolute Gasteiger partial charge is 0.342 e. The van der Waals surface area contributed by atoms with Gasteiger partial charge in [-0.25, -0.2) is 0 Å². The van der Waals surface area contributed by atoms with Gasteiger partial charge in [0.1, 0.15) is 12.1 Å². The van der Waals surface area contributed by atoms with Crippen LogP contribution in [0.2, 0.25) is 0 Å². The molecule has 1 N–H and O–H groups in total. The maximum atomic E-state index is 12.4. The Hall–Kier alpha value is -0.710. The van der Waals surface area contributed by atoms with Crippen LogP contribution in [0, 0.1) is 5.41 Å². The number of hydrogen-bond donors (Lipinski definition) is 1. The van der Waals surface area contributed by atoms with Gasteiger partial charge in [-0.2, -0.15) is 11.8 Å². The monoisotopic (exact) mass is 272 g/mol. The third-order valence-electron chi connectivity index (χ3n) is 3.21. The van der Waals surface area contributed by atoms with Gasteiger partial charge < -0.3 is 10.2 Å². The SMILES string of the molecule is CCSCCN1C(=O)C(C(C)(C)C)NC(=O)C1C. The number of hydrogen-bond acceptors (Lipinski definition) is 3. The Morgan fingerprint density at radius 1 is 1.33 bits per heavy atom. The lowest BCUT2D eigenvalue weighted by Crippen LogP contribution is -2.66. The first-order valence-corrected chi connectivity index (χ1v) is 7.63. The summed E-state index contributed by atoms with van der Waals surface area (Å²) < 4.78 is 0. The smallest absolute Gasteiger partial charge is 0.246 e. The van der Waals surface area contributed by atoms with Crippen molar-refractivity contribution in [1.29, 1.82) is 0 Å². The second-order valence-corrected chi connectivity index (χ2v) is 7.11. The summed E-state index contributed by atoms with van der Waals surface area (Å²) in [5.74, 6) is 1.92. The average Bonchev–Trinajstić information content (AvgIpc) is 2.26. The molecule has 0 spiro atoms. The van der Waals surface area contributed by atoms with Crippen molar-refractivity contribution in [3.63, 3.8) is 0 Å². The van der Waals surface area contributed by atoms with Crippen molar-refractivity contribution < 1.29 is 9.59 Å². The molecule has 104 valence electrons. The number of amides is 2. The average molecular weight is 272 g/mol. The quantitative estimate of drug-likeness (QED) is 0.789. The molecule has 1 fully saturated rings. The third kappa shape index (κ3) is 3.40. The van der Waals surface area contributed by atoms with Crippen LogP contribution in [-0.2, 0) is 9.59 Å². The maximum Gasteiger partial charge on any atom is 0.246 e. The first-order chi connectivity index (χ1) is 8.29. The fourth-order valence-corrected chi connectivity index (χ4v) is 2.64. The normalized spacial score (nSPS) is 25.3. The first-order valence-electron chi connectivity index (χ1n) is 6.47. The Kier molecular flexibility index (Phi) is 5.08. The number of thioether (sulfide) groups is 1. The predicted octanol–water partition coefficient (Wildman–Crippen LogP) is 1.50. The van der Waals surface area contributed by atoms with Crippen LogP contribution < -0.4 is 5.32 Å². The molecule has 0 bridgehead atoms. The zero-order valence-electron chi connectivity index (χ0n) is 11.9. The van der Waals surface area contributed by atoms with Gasteiger partial charge in [0.2, 0.25) is 11.8 Å². The molecule has 18 heavy (non-hydrogen) atoms. The fourth-order valence-electron chi connectivity index (χ4n) is 2.02. The van der Waals surface area contributed by atoms with Crippen LogP contribution in [0.1, 0.15) is 34.6 Å². The van der Waals surface area contributed by atoms with Gasteiger partial charge in [-0.15, -0.1) is 0 Å². The van der Waals surface area contributed by atoms with E-state index in [0.717, 1.165) is 11.5 Å². The molecule has 5 heteroatoms. The van der Waals surface area contributed by atoms with E-state index in [4.69, 9.17) is 0 Å². The zero-order valence-corrected chi connectivity index (χ0v) is 12.8. The van der Waals surface area contributed by atoms with Crippen molar-refractivity contribution in [3.05, 3.63) is 0 Å². The van der Waals surface area contributed by atoms with Crippen LogP contribution in [0.15, 0.2) is 0 Å². The molecule has 2 unspecified atom stereocenters. The maximum absolute atomic E-state index is 12.4. The van der Waals surface area contributed by atoms with E-state index in [1.807, 2.05) is 20.8 Å². The van der Waals surface area contributed by atoms with Gasteiger partial charge in [0, 0.05) is 12.3 Å². The van der Waals surface area contributed by atoms with Crippen molar-refractivity contribution in [2.75, 3.05) is 18.1 Å². The summed E-state index contributed by atoms with van der Waals surface area (Å²) in [7, 11) is 0. The lowest BCUT2D eigenvalue weighted by molar-refractivity contribution is -0.151. The first kappa shape index (κ1) is 15.3. The van der Waals surface area contributed by atoms with Crippen LogP contribution in [-0.4, -0.2) is 46.8 Å². The second kappa shape index (κ2) is 5.95. The number of rotatable bonds is 4. The molecule has 0 radical (unpaired) electrons. The Morgan fingerprint density at radius 3 is 2.44 bits per heavy atom. The predicted molar refractivity (Wildman–Crippen MR) is 75.6 cm³/mol. The van der Waals surface area contributed by atoms with Gasteiger partial charge in [0.25, 0.3) is 0 Å². The molecule has 1 saturated heterocycles. The van der Waals surface area contributed by atoms with E-state index in [1.54, 1.807) is 23.6 Å². The summed E-state index contributed by atoms with van der Waals surface area (Å²) in [6.07, 6.45) is 0. The van der Waals surface area contributed by atoms with Gasteiger partial charge in [-0.1, -0.05) is 27.7 Å². The standard InChI is InChI=1S/C13H24N2O2S/c1-6-18-8-7-15-9(2)11(16)14-10(12(15)17)13(3,4)5/h9-10H,6-8H2,1-5H3,(H,14,16). The number of nitrogens with one attached hydrogen (secondary N) is 1. The van der Waals surface area contributed by atoms with Crippen LogP contribution in [0.25, 0.3) is 0 Å². The van der Waals surface area contributed by atoms with Crippen molar-refractivity contribution in [2.45, 2.75) is 46.7 Å².